The second-order valence-corrected chi connectivity index (χ2v) is 2.57. The van der Waals surface area contributed by atoms with Crippen LogP contribution in [0.2, 0.25) is 0 Å². The Morgan fingerprint density at radius 2 is 2.23 bits per heavy atom. The van der Waals surface area contributed by atoms with Crippen molar-refractivity contribution in [2.75, 3.05) is 0 Å². The summed E-state index contributed by atoms with van der Waals surface area (Å²) in [5.74, 6) is -1.30. The van der Waals surface area contributed by atoms with Gasteiger partial charge in [0.1, 0.15) is 0 Å². The average Bonchev–Trinajstić information content (AvgIpc) is 2.46. The van der Waals surface area contributed by atoms with Gasteiger partial charge in [-0.3, -0.25) is 0 Å². The lowest BCUT2D eigenvalue weighted by Crippen LogP contribution is -2.06. The molecule has 0 amide bonds. The smallest absolute Gasteiger partial charge is 0.375 e. The molecule has 0 aromatic carbocycles. The Balaban J connectivity index is 2.79. The summed E-state index contributed by atoms with van der Waals surface area (Å²) >= 11 is 0. The highest BCUT2D eigenvalue weighted by molar-refractivity contribution is 5.83. The molecule has 2 heterocycles. The van der Waals surface area contributed by atoms with E-state index < -0.39 is 5.97 Å². The maximum Gasteiger partial charge on any atom is 0.375 e. The first-order valence-corrected chi connectivity index (χ1v) is 3.61. The lowest BCUT2D eigenvalue weighted by molar-refractivity contribution is 0.0680. The van der Waals surface area contributed by atoms with Crippen molar-refractivity contribution < 1.29 is 9.90 Å². The molecule has 0 atom stereocenters. The first kappa shape index (κ1) is 7.66. The van der Waals surface area contributed by atoms with Crippen LogP contribution in [0.25, 0.3) is 5.65 Å². The third kappa shape index (κ3) is 1.12. The summed E-state index contributed by atoms with van der Waals surface area (Å²) in [5.41, 5.74) is 1.15. The molecule has 0 aliphatic heterocycles. The molecule has 0 saturated heterocycles. The van der Waals surface area contributed by atoms with Crippen molar-refractivity contribution in [3.63, 3.8) is 0 Å². The molecule has 0 aliphatic carbocycles. The monoisotopic (exact) mass is 178 g/mol. The van der Waals surface area contributed by atoms with Crippen molar-refractivity contribution >= 4 is 11.6 Å². The Kier molecular flexibility index (Phi) is 1.48. The van der Waals surface area contributed by atoms with E-state index in [9.17, 15) is 4.79 Å². The molecule has 0 radical (unpaired) electrons. The topological polar surface area (TPSA) is 80.4 Å². The summed E-state index contributed by atoms with van der Waals surface area (Å²) in [5, 5.41) is 19.8. The van der Waals surface area contributed by atoms with Crippen LogP contribution in [0.1, 0.15) is 16.3 Å². The minimum atomic E-state index is -1.13. The average molecular weight is 178 g/mol. The Labute approximate surface area is 72.8 Å². The molecule has 6 heteroatoms. The summed E-state index contributed by atoms with van der Waals surface area (Å²) in [4.78, 5) is 10.6. The summed E-state index contributed by atoms with van der Waals surface area (Å²) in [6, 6.07) is 3.41. The van der Waals surface area contributed by atoms with Gasteiger partial charge in [-0.25, -0.2) is 4.79 Å². The Morgan fingerprint density at radius 3 is 2.92 bits per heavy atom. The fourth-order valence-corrected chi connectivity index (χ4v) is 1.01. The maximum absolute atomic E-state index is 10.6. The predicted octanol–water partition coefficient (Wildman–Crippen LogP) is 0.131. The second-order valence-electron chi connectivity index (χ2n) is 2.57. The van der Waals surface area contributed by atoms with Crippen LogP contribution in [0.4, 0.5) is 0 Å². The van der Waals surface area contributed by atoms with Gasteiger partial charge in [0.2, 0.25) is 0 Å². The molecular formula is C7H6N4O2. The van der Waals surface area contributed by atoms with Crippen LogP contribution in [0, 0.1) is 6.92 Å². The largest absolute Gasteiger partial charge is 0.475 e. The lowest BCUT2D eigenvalue weighted by atomic mass is 10.4. The van der Waals surface area contributed by atoms with E-state index in [0.29, 0.717) is 5.65 Å². The van der Waals surface area contributed by atoms with E-state index in [1.807, 2.05) is 0 Å². The molecule has 1 N–H and O–H groups in total. The number of hydrogen-bond acceptors (Lipinski definition) is 4. The van der Waals surface area contributed by atoms with Crippen molar-refractivity contribution in [2.45, 2.75) is 6.92 Å². The van der Waals surface area contributed by atoms with Crippen molar-refractivity contribution in [1.82, 2.24) is 19.8 Å². The molecule has 2 aromatic heterocycles. The lowest BCUT2D eigenvalue weighted by Gasteiger charge is -1.94. The number of fused-ring (bicyclic) bond motifs is 1. The van der Waals surface area contributed by atoms with E-state index in [0.717, 1.165) is 5.69 Å². The Bertz CT molecular complexity index is 476. The van der Waals surface area contributed by atoms with Crippen LogP contribution < -0.4 is 0 Å². The minimum Gasteiger partial charge on any atom is -0.475 e. The van der Waals surface area contributed by atoms with Crippen LogP contribution in [0.5, 0.6) is 0 Å². The zero-order valence-corrected chi connectivity index (χ0v) is 6.80. The van der Waals surface area contributed by atoms with Crippen LogP contribution in [-0.4, -0.2) is 30.9 Å². The molecule has 2 aromatic rings. The van der Waals surface area contributed by atoms with Gasteiger partial charge < -0.3 is 5.11 Å². The summed E-state index contributed by atoms with van der Waals surface area (Å²) in [7, 11) is 0. The summed E-state index contributed by atoms with van der Waals surface area (Å²) in [6.07, 6.45) is 0. The molecular weight excluding hydrogens is 172 g/mol. The number of carbonyl (C=O) groups is 1. The van der Waals surface area contributed by atoms with Gasteiger partial charge in [-0.2, -0.15) is 9.61 Å². The molecule has 0 fully saturated rings. The van der Waals surface area contributed by atoms with E-state index >= 15 is 0 Å². The summed E-state index contributed by atoms with van der Waals surface area (Å²) < 4.78 is 1.21. The van der Waals surface area contributed by atoms with Crippen LogP contribution in [0.15, 0.2) is 12.1 Å². The van der Waals surface area contributed by atoms with E-state index in [2.05, 4.69) is 15.3 Å². The van der Waals surface area contributed by atoms with Gasteiger partial charge >= 0.3 is 5.97 Å². The van der Waals surface area contributed by atoms with Crippen molar-refractivity contribution in [2.24, 2.45) is 0 Å². The highest BCUT2D eigenvalue weighted by atomic mass is 16.4. The standard InChI is InChI=1S/C7H6N4O2/c1-4-2-3-5-8-9-6(7(12)13)11(5)10-4/h2-3H,1H3,(H,12,13). The number of rotatable bonds is 1. The van der Waals surface area contributed by atoms with Crippen molar-refractivity contribution in [1.29, 1.82) is 0 Å². The van der Waals surface area contributed by atoms with E-state index in [4.69, 9.17) is 5.11 Å². The fourth-order valence-electron chi connectivity index (χ4n) is 1.01. The maximum atomic E-state index is 10.6. The number of carboxylic acid groups (broad SMARTS) is 1. The molecule has 66 valence electrons. The van der Waals surface area contributed by atoms with Gasteiger partial charge in [-0.15, -0.1) is 10.2 Å². The predicted molar refractivity (Wildman–Crippen MR) is 42.5 cm³/mol. The van der Waals surface area contributed by atoms with Crippen molar-refractivity contribution in [3.8, 4) is 0 Å². The van der Waals surface area contributed by atoms with Gasteiger partial charge in [0.25, 0.3) is 5.82 Å². The highest BCUT2D eigenvalue weighted by Crippen LogP contribution is 2.02. The number of aromatic nitrogens is 4. The molecule has 0 unspecified atom stereocenters. The van der Waals surface area contributed by atoms with Gasteiger partial charge in [0.15, 0.2) is 5.65 Å². The van der Waals surface area contributed by atoms with E-state index in [1.165, 1.54) is 4.52 Å². The number of hydrogen-bond donors (Lipinski definition) is 1. The molecule has 6 nitrogen and oxygen atoms in total. The highest BCUT2D eigenvalue weighted by Gasteiger charge is 2.12. The van der Waals surface area contributed by atoms with Gasteiger partial charge in [0.05, 0.1) is 5.69 Å². The fraction of sp³-hybridized carbons (Fsp3) is 0.143. The van der Waals surface area contributed by atoms with Gasteiger partial charge in [0, 0.05) is 0 Å². The first-order chi connectivity index (χ1) is 6.18. The van der Waals surface area contributed by atoms with Crippen molar-refractivity contribution in [3.05, 3.63) is 23.7 Å². The Morgan fingerprint density at radius 1 is 1.46 bits per heavy atom. The summed E-state index contributed by atoms with van der Waals surface area (Å²) in [6.45, 7) is 1.77. The van der Waals surface area contributed by atoms with Crippen LogP contribution >= 0.6 is 0 Å². The molecule has 0 spiro atoms. The molecule has 0 saturated carbocycles. The Hall–Kier alpha value is -1.98. The van der Waals surface area contributed by atoms with E-state index in [-0.39, 0.29) is 5.82 Å². The molecule has 0 bridgehead atoms. The quantitative estimate of drug-likeness (QED) is 0.671. The third-order valence-electron chi connectivity index (χ3n) is 1.59. The van der Waals surface area contributed by atoms with Gasteiger partial charge in [-0.05, 0) is 19.1 Å². The number of nitrogens with zero attached hydrogens (tertiary/aromatic N) is 4. The van der Waals surface area contributed by atoms with Gasteiger partial charge in [-0.1, -0.05) is 0 Å². The molecule has 0 aliphatic rings. The normalized spacial score (nSPS) is 10.5. The number of aromatic carboxylic acids is 1. The molecule has 13 heavy (non-hydrogen) atoms. The second kappa shape index (κ2) is 2.51. The first-order valence-electron chi connectivity index (χ1n) is 3.61. The van der Waals surface area contributed by atoms with E-state index in [1.54, 1.807) is 19.1 Å². The minimum absolute atomic E-state index is 0.168. The number of aryl methyl sites for hydroxylation is 1. The SMILES string of the molecule is Cc1ccc2nnc(C(=O)O)n2n1. The third-order valence-corrected chi connectivity index (χ3v) is 1.59. The zero-order chi connectivity index (χ0) is 9.42. The van der Waals surface area contributed by atoms with Crippen LogP contribution in [-0.2, 0) is 0 Å². The zero-order valence-electron chi connectivity index (χ0n) is 6.80. The van der Waals surface area contributed by atoms with Crippen LogP contribution in [0.3, 0.4) is 0 Å². The number of carboxylic acids is 1. The molecule has 2 rings (SSSR count).